The van der Waals surface area contributed by atoms with Gasteiger partial charge in [-0.15, -0.1) is 0 Å². The molecule has 5 rings (SSSR count). The molecule has 0 spiro atoms. The lowest BCUT2D eigenvalue weighted by Gasteiger charge is -2.39. The van der Waals surface area contributed by atoms with Gasteiger partial charge >= 0.3 is 0 Å². The van der Waals surface area contributed by atoms with Crippen LogP contribution in [-0.4, -0.2) is 40.1 Å². The minimum atomic E-state index is -0.574. The maximum Gasteiger partial charge on any atom is 0.274 e. The molecule has 2 amide bonds. The number of hydrogen-bond acceptors (Lipinski definition) is 5. The van der Waals surface area contributed by atoms with Crippen LogP contribution in [0.4, 0.5) is 0 Å². The first-order valence-corrected chi connectivity index (χ1v) is 12.3. The van der Waals surface area contributed by atoms with E-state index in [-0.39, 0.29) is 18.0 Å². The zero-order chi connectivity index (χ0) is 25.9. The first-order chi connectivity index (χ1) is 18.0. The molecule has 0 unspecified atom stereocenters. The third-order valence-corrected chi connectivity index (χ3v) is 7.17. The van der Waals surface area contributed by atoms with Crippen LogP contribution in [-0.2, 0) is 24.3 Å². The molecule has 8 nitrogen and oxygen atoms in total. The number of ether oxygens (including phenoxy) is 1. The zero-order valence-corrected chi connectivity index (χ0v) is 20.8. The summed E-state index contributed by atoms with van der Waals surface area (Å²) >= 11 is 0. The van der Waals surface area contributed by atoms with Crippen molar-refractivity contribution >= 4 is 22.7 Å². The van der Waals surface area contributed by atoms with Crippen LogP contribution >= 0.6 is 0 Å². The first-order valence-electron chi connectivity index (χ1n) is 12.3. The Morgan fingerprint density at radius 2 is 1.73 bits per heavy atom. The number of benzene rings is 3. The molecule has 0 bridgehead atoms. The van der Waals surface area contributed by atoms with Gasteiger partial charge in [-0.3, -0.25) is 19.7 Å². The number of para-hydroxylation sites is 1. The van der Waals surface area contributed by atoms with Gasteiger partial charge in [0.05, 0.1) is 13.2 Å². The molecule has 37 heavy (non-hydrogen) atoms. The summed E-state index contributed by atoms with van der Waals surface area (Å²) < 4.78 is 5.30. The Kier molecular flexibility index (Phi) is 6.94. The minimum Gasteiger partial charge on any atom is -0.497 e. The van der Waals surface area contributed by atoms with Crippen molar-refractivity contribution in [3.05, 3.63) is 101 Å². The summed E-state index contributed by atoms with van der Waals surface area (Å²) in [6, 6.07) is 22.6. The Bertz CT molecular complexity index is 1410. The van der Waals surface area contributed by atoms with Crippen LogP contribution in [0.2, 0.25) is 0 Å². The van der Waals surface area contributed by atoms with Gasteiger partial charge in [-0.1, -0.05) is 42.5 Å². The predicted octanol–water partition coefficient (Wildman–Crippen LogP) is 4.10. The maximum atomic E-state index is 13.6. The van der Waals surface area contributed by atoms with E-state index < -0.39 is 5.91 Å². The zero-order valence-electron chi connectivity index (χ0n) is 20.8. The quantitative estimate of drug-likeness (QED) is 0.227. The third kappa shape index (κ3) is 4.94. The summed E-state index contributed by atoms with van der Waals surface area (Å²) in [4.78, 5) is 31.0. The molecule has 0 saturated heterocycles. The van der Waals surface area contributed by atoms with E-state index in [0.29, 0.717) is 25.1 Å². The fourth-order valence-corrected chi connectivity index (χ4v) is 5.12. The van der Waals surface area contributed by atoms with Gasteiger partial charge < -0.3 is 15.0 Å². The molecule has 1 aliphatic rings. The first kappa shape index (κ1) is 24.5. The average Bonchev–Trinajstić information content (AvgIpc) is 3.32. The molecule has 2 atom stereocenters. The predicted molar refractivity (Wildman–Crippen MR) is 140 cm³/mol. The van der Waals surface area contributed by atoms with Crippen molar-refractivity contribution in [3.63, 3.8) is 0 Å². The number of aromatic amines is 1. The molecule has 1 aromatic heterocycles. The highest BCUT2D eigenvalue weighted by Crippen LogP contribution is 2.38. The van der Waals surface area contributed by atoms with Gasteiger partial charge in [0.2, 0.25) is 5.91 Å². The molecular weight excluding hydrogens is 468 g/mol. The summed E-state index contributed by atoms with van der Waals surface area (Å²) in [5, 5.41) is 13.1. The fraction of sp³-hybridized carbons (Fsp3) is 0.241. The van der Waals surface area contributed by atoms with Crippen LogP contribution in [0.25, 0.3) is 10.9 Å². The van der Waals surface area contributed by atoms with E-state index in [2.05, 4.69) is 34.3 Å². The van der Waals surface area contributed by atoms with Gasteiger partial charge in [0.15, 0.2) is 0 Å². The molecule has 1 aliphatic heterocycles. The van der Waals surface area contributed by atoms with Gasteiger partial charge in [0.25, 0.3) is 5.91 Å². The molecule has 190 valence electrons. The van der Waals surface area contributed by atoms with Crippen LogP contribution in [0, 0.1) is 0 Å². The lowest BCUT2D eigenvalue weighted by molar-refractivity contribution is -0.128. The summed E-state index contributed by atoms with van der Waals surface area (Å²) in [5.41, 5.74) is 7.35. The lowest BCUT2D eigenvalue weighted by atomic mass is 9.91. The number of methoxy groups -OCH3 is 1. The summed E-state index contributed by atoms with van der Waals surface area (Å²) in [6.45, 7) is 3.09. The number of fused-ring (bicyclic) bond motifs is 3. The second kappa shape index (κ2) is 10.5. The van der Waals surface area contributed by atoms with E-state index in [0.717, 1.165) is 33.5 Å². The van der Waals surface area contributed by atoms with E-state index >= 15 is 0 Å². The molecule has 0 radical (unpaired) electrons. The number of nitrogens with zero attached hydrogens (tertiary/aromatic N) is 1. The normalized spacial score (nSPS) is 17.3. The molecule has 3 aromatic carbocycles. The van der Waals surface area contributed by atoms with Gasteiger partial charge in [-0.05, 0) is 60.4 Å². The van der Waals surface area contributed by atoms with Crippen molar-refractivity contribution < 1.29 is 19.5 Å². The molecule has 4 aromatic rings. The van der Waals surface area contributed by atoms with Crippen molar-refractivity contribution in [2.45, 2.75) is 38.5 Å². The molecule has 2 heterocycles. The van der Waals surface area contributed by atoms with Crippen LogP contribution in [0.3, 0.4) is 0 Å². The van der Waals surface area contributed by atoms with Gasteiger partial charge in [0.1, 0.15) is 5.75 Å². The SMILES string of the molecule is COc1ccc(CN2[C@H](C)c3[nH]c4ccccc4c3C[C@H]2C(=O)NCc2ccc(C(=O)NO)cc2)cc1. The number of hydroxylamine groups is 1. The number of H-pyrrole nitrogens is 1. The van der Waals surface area contributed by atoms with E-state index in [9.17, 15) is 9.59 Å². The summed E-state index contributed by atoms with van der Waals surface area (Å²) in [7, 11) is 1.65. The van der Waals surface area contributed by atoms with Crippen LogP contribution in [0.1, 0.15) is 45.7 Å². The molecule has 4 N–H and O–H groups in total. The number of carbonyl (C=O) groups excluding carboxylic acids is 2. The number of nitrogens with one attached hydrogen (secondary N) is 3. The van der Waals surface area contributed by atoms with E-state index in [1.165, 1.54) is 5.56 Å². The number of amides is 2. The summed E-state index contributed by atoms with van der Waals surface area (Å²) in [6.07, 6.45) is 0.598. The van der Waals surface area contributed by atoms with Gasteiger partial charge in [-0.2, -0.15) is 0 Å². The largest absolute Gasteiger partial charge is 0.497 e. The van der Waals surface area contributed by atoms with E-state index in [1.807, 2.05) is 36.4 Å². The second-order valence-electron chi connectivity index (χ2n) is 9.33. The van der Waals surface area contributed by atoms with Crippen molar-refractivity contribution in [2.24, 2.45) is 0 Å². The third-order valence-electron chi connectivity index (χ3n) is 7.17. The fourth-order valence-electron chi connectivity index (χ4n) is 5.12. The van der Waals surface area contributed by atoms with Crippen LogP contribution < -0.4 is 15.5 Å². The van der Waals surface area contributed by atoms with Crippen molar-refractivity contribution in [2.75, 3.05) is 7.11 Å². The highest BCUT2D eigenvalue weighted by molar-refractivity contribution is 5.93. The smallest absolute Gasteiger partial charge is 0.274 e. The highest BCUT2D eigenvalue weighted by Gasteiger charge is 2.38. The van der Waals surface area contributed by atoms with Crippen LogP contribution in [0.15, 0.2) is 72.8 Å². The molecular formula is C29H30N4O4. The van der Waals surface area contributed by atoms with E-state index in [4.69, 9.17) is 9.94 Å². The van der Waals surface area contributed by atoms with Crippen molar-refractivity contribution in [1.82, 2.24) is 20.7 Å². The number of rotatable bonds is 7. The molecule has 0 fully saturated rings. The number of aromatic nitrogens is 1. The minimum absolute atomic E-state index is 0.00489. The molecule has 0 aliphatic carbocycles. The average molecular weight is 499 g/mol. The van der Waals surface area contributed by atoms with Gasteiger partial charge in [0, 0.05) is 41.3 Å². The number of carbonyl (C=O) groups is 2. The Labute approximate surface area is 215 Å². The highest BCUT2D eigenvalue weighted by atomic mass is 16.5. The van der Waals surface area contributed by atoms with Gasteiger partial charge in [-0.25, -0.2) is 5.48 Å². The van der Waals surface area contributed by atoms with Crippen molar-refractivity contribution in [3.8, 4) is 5.75 Å². The standard InChI is InChI=1S/C29H30N4O4/c1-18-27-24(23-5-3-4-6-25(23)31-27)15-26(33(18)17-20-9-13-22(37-2)14-10-20)29(35)30-16-19-7-11-21(12-8-19)28(34)32-36/h3-14,18,26,31,36H,15-17H2,1-2H3,(H,30,35)(H,32,34)/t18-,26+/m1/s1. The molecule has 8 heteroatoms. The van der Waals surface area contributed by atoms with Crippen LogP contribution in [0.5, 0.6) is 5.75 Å². The summed E-state index contributed by atoms with van der Waals surface area (Å²) in [5.74, 6) is 0.175. The Hall–Kier alpha value is -4.14. The van der Waals surface area contributed by atoms with E-state index in [1.54, 1.807) is 36.9 Å². The molecule has 0 saturated carbocycles. The monoisotopic (exact) mass is 498 g/mol. The topological polar surface area (TPSA) is 107 Å². The number of hydrogen-bond donors (Lipinski definition) is 4. The maximum absolute atomic E-state index is 13.6. The Morgan fingerprint density at radius 3 is 2.43 bits per heavy atom. The second-order valence-corrected chi connectivity index (χ2v) is 9.33. The van der Waals surface area contributed by atoms with Crippen molar-refractivity contribution in [1.29, 1.82) is 0 Å². The Morgan fingerprint density at radius 1 is 1.03 bits per heavy atom. The Balaban J connectivity index is 1.40. The lowest BCUT2D eigenvalue weighted by Crippen LogP contribution is -2.51.